The zero-order chi connectivity index (χ0) is 12.8. The van der Waals surface area contributed by atoms with Gasteiger partial charge in [-0.3, -0.25) is 0 Å². The van der Waals surface area contributed by atoms with Crippen LogP contribution in [0.5, 0.6) is 0 Å². The summed E-state index contributed by atoms with van der Waals surface area (Å²) in [7, 11) is 2.13. The van der Waals surface area contributed by atoms with Gasteiger partial charge in [0.05, 0.1) is 0 Å². The quantitative estimate of drug-likeness (QED) is 0.707. The van der Waals surface area contributed by atoms with Crippen molar-refractivity contribution in [2.75, 3.05) is 0 Å². The van der Waals surface area contributed by atoms with Crippen molar-refractivity contribution < 1.29 is 0 Å². The third kappa shape index (κ3) is 2.44. The normalized spacial score (nSPS) is 12.8. The molecular weight excluding hydrogens is 206 g/mol. The van der Waals surface area contributed by atoms with Gasteiger partial charge >= 0.3 is 0 Å². The maximum Gasteiger partial charge on any atom is 0.0488 e. The van der Waals surface area contributed by atoms with Gasteiger partial charge in [-0.25, -0.2) is 0 Å². The standard InChI is InChI=1S/C14H17N.C2H6/c1-4-8-11-12-9-6-7-10-14(12)15(3)13(11)5-2;1-2/h5-10H,4H2,1-3H3;1-2H3/b11-8-,13-5+;. The van der Waals surface area contributed by atoms with Crippen LogP contribution in [-0.2, 0) is 7.05 Å². The fourth-order valence-corrected chi connectivity index (χ4v) is 2.21. The summed E-state index contributed by atoms with van der Waals surface area (Å²) in [6.07, 6.45) is 5.56. The Kier molecular flexibility index (Phi) is 5.02. The second kappa shape index (κ2) is 6.29. The predicted molar refractivity (Wildman–Crippen MR) is 78.4 cm³/mol. The third-order valence-corrected chi connectivity index (χ3v) is 2.87. The van der Waals surface area contributed by atoms with Gasteiger partial charge in [-0.2, -0.15) is 0 Å². The summed E-state index contributed by atoms with van der Waals surface area (Å²) in [5, 5.41) is 4.05. The highest BCUT2D eigenvalue weighted by Crippen LogP contribution is 2.06. The van der Waals surface area contributed by atoms with Crippen molar-refractivity contribution in [1.82, 2.24) is 4.57 Å². The number of aromatic nitrogens is 1. The van der Waals surface area contributed by atoms with Crippen molar-refractivity contribution in [3.63, 3.8) is 0 Å². The molecule has 1 aromatic heterocycles. The summed E-state index contributed by atoms with van der Waals surface area (Å²) < 4.78 is 2.26. The lowest BCUT2D eigenvalue weighted by Gasteiger charge is -1.94. The predicted octanol–water partition coefficient (Wildman–Crippen LogP) is 3.20. The molecule has 1 nitrogen and oxygen atoms in total. The van der Waals surface area contributed by atoms with Crippen molar-refractivity contribution in [2.45, 2.75) is 34.1 Å². The first-order valence-corrected chi connectivity index (χ1v) is 6.49. The molecule has 2 aromatic rings. The van der Waals surface area contributed by atoms with Gasteiger partial charge in [0, 0.05) is 28.5 Å². The second-order valence-corrected chi connectivity index (χ2v) is 3.78. The van der Waals surface area contributed by atoms with Crippen molar-refractivity contribution >= 4 is 23.1 Å². The zero-order valence-electron chi connectivity index (χ0n) is 11.6. The number of hydrogen-bond donors (Lipinski definition) is 0. The second-order valence-electron chi connectivity index (χ2n) is 3.78. The molecule has 0 spiro atoms. The molecule has 2 rings (SSSR count). The molecule has 17 heavy (non-hydrogen) atoms. The highest BCUT2D eigenvalue weighted by atomic mass is 14.9. The summed E-state index contributed by atoms with van der Waals surface area (Å²) in [4.78, 5) is 0. The Labute approximate surface area is 104 Å². The van der Waals surface area contributed by atoms with Gasteiger partial charge in [0.1, 0.15) is 0 Å². The van der Waals surface area contributed by atoms with Gasteiger partial charge in [-0.05, 0) is 19.4 Å². The molecule has 0 saturated heterocycles. The summed E-state index contributed by atoms with van der Waals surface area (Å²) >= 11 is 0. The van der Waals surface area contributed by atoms with Gasteiger partial charge < -0.3 is 4.57 Å². The maximum atomic E-state index is 2.30. The van der Waals surface area contributed by atoms with E-state index < -0.39 is 0 Å². The molecule has 0 aliphatic carbocycles. The lowest BCUT2D eigenvalue weighted by molar-refractivity contribution is 0.923. The van der Waals surface area contributed by atoms with Crippen molar-refractivity contribution in [2.24, 2.45) is 7.05 Å². The molecule has 1 heteroatoms. The number of para-hydroxylation sites is 1. The number of benzene rings is 1. The Bertz CT molecular complexity index is 588. The highest BCUT2D eigenvalue weighted by molar-refractivity contribution is 5.81. The average molecular weight is 229 g/mol. The molecule has 0 unspecified atom stereocenters. The topological polar surface area (TPSA) is 4.93 Å². The molecular formula is C16H23N. The van der Waals surface area contributed by atoms with E-state index in [2.05, 4.69) is 61.9 Å². The van der Waals surface area contributed by atoms with E-state index in [4.69, 9.17) is 0 Å². The molecule has 0 fully saturated rings. The molecule has 0 aliphatic heterocycles. The maximum absolute atomic E-state index is 2.30. The summed E-state index contributed by atoms with van der Waals surface area (Å²) in [5.74, 6) is 0. The number of rotatable bonds is 1. The Morgan fingerprint density at radius 3 is 2.41 bits per heavy atom. The van der Waals surface area contributed by atoms with Crippen LogP contribution in [0.15, 0.2) is 24.3 Å². The minimum absolute atomic E-state index is 1.08. The fourth-order valence-electron chi connectivity index (χ4n) is 2.21. The lowest BCUT2D eigenvalue weighted by atomic mass is 10.2. The van der Waals surface area contributed by atoms with Crippen LogP contribution in [0.2, 0.25) is 0 Å². The average Bonchev–Trinajstić information content (AvgIpc) is 2.66. The van der Waals surface area contributed by atoms with E-state index in [1.54, 1.807) is 0 Å². The highest BCUT2D eigenvalue weighted by Gasteiger charge is 2.01. The van der Waals surface area contributed by atoms with E-state index in [9.17, 15) is 0 Å². The Morgan fingerprint density at radius 1 is 1.18 bits per heavy atom. The molecule has 1 aromatic carbocycles. The minimum atomic E-state index is 1.08. The Hall–Kier alpha value is -1.50. The van der Waals surface area contributed by atoms with E-state index in [-0.39, 0.29) is 0 Å². The SMILES string of the molecule is C/C=c1\c(=C/CC)c2ccccc2n1C.CC. The fraction of sp³-hybridized carbons (Fsp3) is 0.375. The monoisotopic (exact) mass is 229 g/mol. The Morgan fingerprint density at radius 2 is 1.82 bits per heavy atom. The zero-order valence-corrected chi connectivity index (χ0v) is 11.6. The molecule has 1 heterocycles. The molecule has 0 bridgehead atoms. The molecule has 0 amide bonds. The molecule has 92 valence electrons. The lowest BCUT2D eigenvalue weighted by Crippen LogP contribution is -2.27. The van der Waals surface area contributed by atoms with Crippen molar-refractivity contribution in [3.05, 3.63) is 34.8 Å². The smallest absolute Gasteiger partial charge is 0.0488 e. The summed E-state index contributed by atoms with van der Waals surface area (Å²) in [5.41, 5.74) is 1.31. The molecule has 0 saturated carbocycles. The third-order valence-electron chi connectivity index (χ3n) is 2.87. The number of aryl methyl sites for hydroxylation is 1. The van der Waals surface area contributed by atoms with E-state index >= 15 is 0 Å². The van der Waals surface area contributed by atoms with Crippen LogP contribution >= 0.6 is 0 Å². The van der Waals surface area contributed by atoms with Crippen molar-refractivity contribution in [3.8, 4) is 0 Å². The van der Waals surface area contributed by atoms with Gasteiger partial charge in [0.2, 0.25) is 0 Å². The number of nitrogens with zero attached hydrogens (tertiary/aromatic N) is 1. The number of hydrogen-bond acceptors (Lipinski definition) is 0. The van der Waals surface area contributed by atoms with Crippen LogP contribution in [0.25, 0.3) is 23.1 Å². The van der Waals surface area contributed by atoms with Crippen LogP contribution in [0.3, 0.4) is 0 Å². The molecule has 0 aliphatic rings. The van der Waals surface area contributed by atoms with E-state index in [1.807, 2.05) is 13.8 Å². The van der Waals surface area contributed by atoms with Crippen LogP contribution in [0, 0.1) is 0 Å². The van der Waals surface area contributed by atoms with Gasteiger partial charge in [-0.15, -0.1) is 0 Å². The summed E-state index contributed by atoms with van der Waals surface area (Å²) in [6.45, 7) is 8.28. The first-order chi connectivity index (χ1) is 8.29. The van der Waals surface area contributed by atoms with Gasteiger partial charge in [0.15, 0.2) is 0 Å². The first kappa shape index (κ1) is 13.6. The van der Waals surface area contributed by atoms with Gasteiger partial charge in [0.25, 0.3) is 0 Å². The number of fused-ring (bicyclic) bond motifs is 1. The molecule has 0 radical (unpaired) electrons. The van der Waals surface area contributed by atoms with Crippen LogP contribution in [0.1, 0.15) is 34.1 Å². The molecule has 0 N–H and O–H groups in total. The summed E-state index contributed by atoms with van der Waals surface area (Å²) in [6, 6.07) is 8.57. The molecule has 0 atom stereocenters. The van der Waals surface area contributed by atoms with Crippen molar-refractivity contribution in [1.29, 1.82) is 0 Å². The van der Waals surface area contributed by atoms with Crippen LogP contribution in [-0.4, -0.2) is 4.57 Å². The minimum Gasteiger partial charge on any atom is -0.344 e. The van der Waals surface area contributed by atoms with E-state index in [0.717, 1.165) is 6.42 Å². The van der Waals surface area contributed by atoms with Gasteiger partial charge in [-0.1, -0.05) is 51.1 Å². The largest absolute Gasteiger partial charge is 0.344 e. The van der Waals surface area contributed by atoms with Crippen LogP contribution in [0.4, 0.5) is 0 Å². The first-order valence-electron chi connectivity index (χ1n) is 6.49. The van der Waals surface area contributed by atoms with E-state index in [0.29, 0.717) is 0 Å². The van der Waals surface area contributed by atoms with E-state index in [1.165, 1.54) is 21.5 Å². The van der Waals surface area contributed by atoms with Crippen LogP contribution < -0.4 is 10.6 Å². The Balaban J connectivity index is 0.000000686.